The van der Waals surface area contributed by atoms with E-state index in [9.17, 15) is 9.18 Å². The highest BCUT2D eigenvalue weighted by Gasteiger charge is 2.38. The molecule has 4 heterocycles. The standard InChI is InChI=1S/C21H24FN7O2/c1-12-11-28(6-7-29(12)20-23-9-14(22)10-24-20)19(30)17-25-16(27-21(3)4-5-21)15-8-13(2)31-18(15)26-17/h8-10,12H,4-7,11H2,1-3H3,(H,25,26,27). The van der Waals surface area contributed by atoms with Crippen LogP contribution in [0.2, 0.25) is 0 Å². The van der Waals surface area contributed by atoms with Gasteiger partial charge in [-0.2, -0.15) is 4.98 Å². The molecule has 0 radical (unpaired) electrons. The van der Waals surface area contributed by atoms with Gasteiger partial charge in [-0.1, -0.05) is 0 Å². The fourth-order valence-corrected chi connectivity index (χ4v) is 3.87. The summed E-state index contributed by atoms with van der Waals surface area (Å²) in [4.78, 5) is 34.0. The molecule has 1 aliphatic carbocycles. The van der Waals surface area contributed by atoms with E-state index in [1.165, 1.54) is 0 Å². The Kier molecular flexibility index (Phi) is 4.53. The lowest BCUT2D eigenvalue weighted by molar-refractivity contribution is 0.0713. The summed E-state index contributed by atoms with van der Waals surface area (Å²) < 4.78 is 18.8. The summed E-state index contributed by atoms with van der Waals surface area (Å²) in [5.74, 6) is 1.21. The van der Waals surface area contributed by atoms with E-state index in [0.717, 1.165) is 36.4 Å². The van der Waals surface area contributed by atoms with Gasteiger partial charge in [0.25, 0.3) is 5.91 Å². The number of amides is 1. The second-order valence-electron chi connectivity index (χ2n) is 8.65. The first kappa shape index (κ1) is 19.7. The molecule has 2 fully saturated rings. The summed E-state index contributed by atoms with van der Waals surface area (Å²) in [6.07, 6.45) is 4.42. The third-order valence-electron chi connectivity index (χ3n) is 5.91. The summed E-state index contributed by atoms with van der Waals surface area (Å²) in [6.45, 7) is 7.41. The summed E-state index contributed by atoms with van der Waals surface area (Å²) >= 11 is 0. The molecule has 1 saturated heterocycles. The predicted molar refractivity (Wildman–Crippen MR) is 113 cm³/mol. The van der Waals surface area contributed by atoms with Crippen molar-refractivity contribution in [3.8, 4) is 0 Å². The van der Waals surface area contributed by atoms with Gasteiger partial charge < -0.3 is 19.5 Å². The number of rotatable bonds is 4. The monoisotopic (exact) mass is 425 g/mol. The third-order valence-corrected chi connectivity index (χ3v) is 5.91. The second-order valence-corrected chi connectivity index (χ2v) is 8.65. The summed E-state index contributed by atoms with van der Waals surface area (Å²) in [7, 11) is 0. The molecule has 3 aromatic rings. The van der Waals surface area contributed by atoms with Crippen molar-refractivity contribution in [2.45, 2.75) is 45.2 Å². The van der Waals surface area contributed by atoms with Gasteiger partial charge in [-0.25, -0.2) is 19.3 Å². The molecule has 0 bridgehead atoms. The van der Waals surface area contributed by atoms with Crippen molar-refractivity contribution in [2.75, 3.05) is 29.9 Å². The first-order valence-corrected chi connectivity index (χ1v) is 10.4. The van der Waals surface area contributed by atoms with Gasteiger partial charge in [0.2, 0.25) is 17.5 Å². The van der Waals surface area contributed by atoms with Gasteiger partial charge in [0.05, 0.1) is 17.8 Å². The Hall–Kier alpha value is -3.30. The van der Waals surface area contributed by atoms with Crippen LogP contribution in [0.3, 0.4) is 0 Å². The van der Waals surface area contributed by atoms with Gasteiger partial charge in [0.15, 0.2) is 5.82 Å². The number of piperazine rings is 1. The molecule has 31 heavy (non-hydrogen) atoms. The highest BCUT2D eigenvalue weighted by atomic mass is 19.1. The zero-order chi connectivity index (χ0) is 21.8. The molecule has 162 valence electrons. The third kappa shape index (κ3) is 3.77. The molecule has 1 amide bonds. The number of hydrogen-bond acceptors (Lipinski definition) is 8. The van der Waals surface area contributed by atoms with Crippen LogP contribution in [-0.2, 0) is 0 Å². The number of hydrogen-bond donors (Lipinski definition) is 1. The van der Waals surface area contributed by atoms with E-state index in [1.807, 2.05) is 24.8 Å². The fraction of sp³-hybridized carbons (Fsp3) is 0.476. The van der Waals surface area contributed by atoms with E-state index in [-0.39, 0.29) is 23.3 Å². The number of aromatic nitrogens is 4. The lowest BCUT2D eigenvalue weighted by Gasteiger charge is -2.39. The van der Waals surface area contributed by atoms with Gasteiger partial charge in [0, 0.05) is 31.2 Å². The molecule has 1 saturated carbocycles. The van der Waals surface area contributed by atoms with Crippen LogP contribution >= 0.6 is 0 Å². The normalized spacial score (nSPS) is 20.2. The van der Waals surface area contributed by atoms with Crippen molar-refractivity contribution >= 4 is 28.8 Å². The van der Waals surface area contributed by atoms with E-state index < -0.39 is 5.82 Å². The van der Waals surface area contributed by atoms with Crippen LogP contribution in [0.5, 0.6) is 0 Å². The van der Waals surface area contributed by atoms with Gasteiger partial charge in [-0.3, -0.25) is 4.79 Å². The van der Waals surface area contributed by atoms with Crippen LogP contribution in [0.15, 0.2) is 22.9 Å². The number of carbonyl (C=O) groups excluding carboxylic acids is 1. The molecule has 1 unspecified atom stereocenters. The maximum absolute atomic E-state index is 13.2. The molecule has 1 atom stereocenters. The Balaban J connectivity index is 1.38. The van der Waals surface area contributed by atoms with Crippen molar-refractivity contribution in [3.63, 3.8) is 0 Å². The van der Waals surface area contributed by atoms with Crippen LogP contribution in [0, 0.1) is 12.7 Å². The topological polar surface area (TPSA) is 100 Å². The summed E-state index contributed by atoms with van der Waals surface area (Å²) in [5.41, 5.74) is 0.413. The molecule has 0 spiro atoms. The van der Waals surface area contributed by atoms with Gasteiger partial charge in [-0.05, 0) is 39.7 Å². The van der Waals surface area contributed by atoms with Gasteiger partial charge in [0.1, 0.15) is 11.6 Å². The molecular formula is C21H24FN7O2. The number of furan rings is 1. The molecule has 10 heteroatoms. The second kappa shape index (κ2) is 7.14. The smallest absolute Gasteiger partial charge is 0.291 e. The van der Waals surface area contributed by atoms with E-state index in [4.69, 9.17) is 4.42 Å². The first-order valence-electron chi connectivity index (χ1n) is 10.4. The Labute approximate surface area is 178 Å². The van der Waals surface area contributed by atoms with Crippen molar-refractivity contribution in [1.29, 1.82) is 0 Å². The quantitative estimate of drug-likeness (QED) is 0.681. The van der Waals surface area contributed by atoms with E-state index in [1.54, 1.807) is 4.90 Å². The minimum atomic E-state index is -0.476. The minimum Gasteiger partial charge on any atom is -0.443 e. The fourth-order valence-electron chi connectivity index (χ4n) is 3.87. The number of nitrogens with one attached hydrogen (secondary N) is 1. The van der Waals surface area contributed by atoms with Gasteiger partial charge in [-0.15, -0.1) is 0 Å². The summed E-state index contributed by atoms with van der Waals surface area (Å²) in [5, 5.41) is 4.24. The zero-order valence-electron chi connectivity index (χ0n) is 17.7. The van der Waals surface area contributed by atoms with Gasteiger partial charge >= 0.3 is 0 Å². The molecular weight excluding hydrogens is 401 g/mol. The Morgan fingerprint density at radius 2 is 2.00 bits per heavy atom. The number of halogens is 1. The predicted octanol–water partition coefficient (Wildman–Crippen LogP) is 2.78. The van der Waals surface area contributed by atoms with Crippen LogP contribution < -0.4 is 10.2 Å². The number of anilines is 2. The van der Waals surface area contributed by atoms with Crippen molar-refractivity contribution in [2.24, 2.45) is 0 Å². The number of nitrogens with zero attached hydrogens (tertiary/aromatic N) is 6. The number of fused-ring (bicyclic) bond motifs is 1. The van der Waals surface area contributed by atoms with Crippen LogP contribution in [0.4, 0.5) is 16.2 Å². The van der Waals surface area contributed by atoms with E-state index in [0.29, 0.717) is 37.1 Å². The van der Waals surface area contributed by atoms with E-state index >= 15 is 0 Å². The average Bonchev–Trinajstić information content (AvgIpc) is 3.33. The average molecular weight is 425 g/mol. The molecule has 5 rings (SSSR count). The minimum absolute atomic E-state index is 0.00206. The molecule has 1 N–H and O–H groups in total. The highest BCUT2D eigenvalue weighted by Crippen LogP contribution is 2.39. The Morgan fingerprint density at radius 3 is 2.68 bits per heavy atom. The van der Waals surface area contributed by atoms with Crippen molar-refractivity contribution < 1.29 is 13.6 Å². The molecule has 1 aliphatic heterocycles. The Morgan fingerprint density at radius 1 is 1.26 bits per heavy atom. The van der Waals surface area contributed by atoms with Crippen molar-refractivity contribution in [3.05, 3.63) is 35.9 Å². The maximum Gasteiger partial charge on any atom is 0.291 e. The highest BCUT2D eigenvalue weighted by molar-refractivity contribution is 5.95. The maximum atomic E-state index is 13.2. The molecule has 2 aliphatic rings. The number of aryl methyl sites for hydroxylation is 1. The van der Waals surface area contributed by atoms with Crippen LogP contribution in [0.1, 0.15) is 43.1 Å². The summed E-state index contributed by atoms with van der Waals surface area (Å²) in [6, 6.07) is 1.85. The molecule has 0 aromatic carbocycles. The lowest BCUT2D eigenvalue weighted by Crippen LogP contribution is -2.54. The number of carbonyl (C=O) groups is 1. The van der Waals surface area contributed by atoms with Crippen LogP contribution in [-0.4, -0.2) is 62.0 Å². The molecule has 9 nitrogen and oxygen atoms in total. The van der Waals surface area contributed by atoms with Crippen molar-refractivity contribution in [1.82, 2.24) is 24.8 Å². The molecule has 3 aromatic heterocycles. The van der Waals surface area contributed by atoms with E-state index in [2.05, 4.69) is 32.2 Å². The lowest BCUT2D eigenvalue weighted by atomic mass is 10.2. The zero-order valence-corrected chi connectivity index (χ0v) is 17.7. The Bertz CT molecular complexity index is 1140. The largest absolute Gasteiger partial charge is 0.443 e. The first-order chi connectivity index (χ1) is 14.8. The van der Waals surface area contributed by atoms with Crippen LogP contribution in [0.25, 0.3) is 11.1 Å². The SMILES string of the molecule is Cc1cc2c(NC3(C)CC3)nc(C(=O)N3CCN(c4ncc(F)cn4)C(C)C3)nc2o1.